The number of nitrogens with one attached hydrogen (secondary N) is 1. The van der Waals surface area contributed by atoms with Crippen LogP contribution >= 0.6 is 12.4 Å². The Bertz CT molecular complexity index is 322. The molecule has 0 fully saturated rings. The number of ether oxygens (including phenoxy) is 2. The predicted octanol–water partition coefficient (Wildman–Crippen LogP) is -0.388. The van der Waals surface area contributed by atoms with Crippen LogP contribution in [0.25, 0.3) is 0 Å². The molecule has 0 aromatic rings. The molecule has 0 saturated heterocycles. The van der Waals surface area contributed by atoms with Crippen molar-refractivity contribution in [1.29, 1.82) is 0 Å². The van der Waals surface area contributed by atoms with Crippen molar-refractivity contribution < 1.29 is 23.9 Å². The van der Waals surface area contributed by atoms with E-state index in [0.717, 1.165) is 0 Å². The van der Waals surface area contributed by atoms with Gasteiger partial charge in [0.2, 0.25) is 5.91 Å². The Morgan fingerprint density at radius 1 is 1.16 bits per heavy atom. The first kappa shape index (κ1) is 20.0. The molecule has 0 aliphatic carbocycles. The van der Waals surface area contributed by atoms with Crippen LogP contribution in [0.3, 0.4) is 0 Å². The van der Waals surface area contributed by atoms with Gasteiger partial charge in [-0.05, 0) is 6.92 Å². The van der Waals surface area contributed by atoms with Gasteiger partial charge >= 0.3 is 11.9 Å². The standard InChI is InChI=1S/C11H20N2O5.ClH/c1-6(7(2)12)10(15)13-8(11(16)18-4)5-9(14)17-3;/h6-8H,5,12H2,1-4H3,(H,13,15);1H. The van der Waals surface area contributed by atoms with E-state index in [4.69, 9.17) is 5.73 Å². The van der Waals surface area contributed by atoms with Crippen LogP contribution in [-0.4, -0.2) is 44.1 Å². The number of nitrogens with two attached hydrogens (primary N) is 1. The molecule has 8 heteroatoms. The molecule has 0 rings (SSSR count). The summed E-state index contributed by atoms with van der Waals surface area (Å²) in [7, 11) is 2.37. The Morgan fingerprint density at radius 3 is 2.05 bits per heavy atom. The number of carbonyl (C=O) groups is 3. The van der Waals surface area contributed by atoms with Crippen molar-refractivity contribution in [3.63, 3.8) is 0 Å². The zero-order valence-electron chi connectivity index (χ0n) is 11.5. The highest BCUT2D eigenvalue weighted by molar-refractivity contribution is 5.88. The smallest absolute Gasteiger partial charge is 0.328 e. The van der Waals surface area contributed by atoms with Crippen LogP contribution in [-0.2, 0) is 23.9 Å². The molecule has 1 amide bonds. The molecule has 3 unspecified atom stereocenters. The fourth-order valence-electron chi connectivity index (χ4n) is 1.13. The second-order valence-electron chi connectivity index (χ2n) is 4.01. The minimum Gasteiger partial charge on any atom is -0.469 e. The summed E-state index contributed by atoms with van der Waals surface area (Å²) in [5.74, 6) is -2.20. The molecule has 0 aromatic carbocycles. The Labute approximate surface area is 118 Å². The molecule has 0 aromatic heterocycles. The number of hydrogen-bond acceptors (Lipinski definition) is 6. The number of halogens is 1. The third kappa shape index (κ3) is 6.97. The van der Waals surface area contributed by atoms with E-state index in [9.17, 15) is 14.4 Å². The van der Waals surface area contributed by atoms with Gasteiger partial charge in [-0.25, -0.2) is 4.79 Å². The largest absolute Gasteiger partial charge is 0.469 e. The lowest BCUT2D eigenvalue weighted by molar-refractivity contribution is -0.151. The maximum absolute atomic E-state index is 11.7. The first-order chi connectivity index (χ1) is 8.33. The van der Waals surface area contributed by atoms with Crippen molar-refractivity contribution in [2.45, 2.75) is 32.4 Å². The van der Waals surface area contributed by atoms with E-state index in [0.29, 0.717) is 0 Å². The summed E-state index contributed by atoms with van der Waals surface area (Å²) in [4.78, 5) is 34.3. The molecule has 0 heterocycles. The molecule has 19 heavy (non-hydrogen) atoms. The number of hydrogen-bond donors (Lipinski definition) is 2. The molecule has 0 spiro atoms. The summed E-state index contributed by atoms with van der Waals surface area (Å²) >= 11 is 0. The van der Waals surface area contributed by atoms with Crippen molar-refractivity contribution in [2.24, 2.45) is 11.7 Å². The van der Waals surface area contributed by atoms with Gasteiger partial charge in [0.1, 0.15) is 6.04 Å². The maximum atomic E-state index is 11.7. The number of methoxy groups -OCH3 is 2. The molecule has 3 atom stereocenters. The van der Waals surface area contributed by atoms with Crippen LogP contribution in [0, 0.1) is 5.92 Å². The lowest BCUT2D eigenvalue weighted by Crippen LogP contribution is -2.48. The molecule has 112 valence electrons. The molecular formula is C11H21ClN2O5. The minimum absolute atomic E-state index is 0. The first-order valence-corrected chi connectivity index (χ1v) is 5.54. The highest BCUT2D eigenvalue weighted by atomic mass is 35.5. The van der Waals surface area contributed by atoms with Gasteiger partial charge in [0, 0.05) is 12.0 Å². The summed E-state index contributed by atoms with van der Waals surface area (Å²) in [6.07, 6.45) is -0.277. The normalized spacial score (nSPS) is 14.4. The summed E-state index contributed by atoms with van der Waals surface area (Å²) in [6, 6.07) is -1.42. The van der Waals surface area contributed by atoms with Gasteiger partial charge < -0.3 is 20.5 Å². The zero-order chi connectivity index (χ0) is 14.3. The molecule has 3 N–H and O–H groups in total. The number of esters is 2. The molecular weight excluding hydrogens is 276 g/mol. The third-order valence-electron chi connectivity index (χ3n) is 2.60. The molecule has 0 bridgehead atoms. The Kier molecular flexibility index (Phi) is 10.1. The van der Waals surface area contributed by atoms with Gasteiger partial charge in [-0.1, -0.05) is 6.92 Å². The van der Waals surface area contributed by atoms with Gasteiger partial charge in [-0.2, -0.15) is 0 Å². The molecule has 0 aliphatic rings. The molecule has 0 saturated carbocycles. The van der Waals surface area contributed by atoms with E-state index in [2.05, 4.69) is 14.8 Å². The average Bonchev–Trinajstić information content (AvgIpc) is 2.35. The van der Waals surface area contributed by atoms with E-state index in [-0.39, 0.29) is 24.9 Å². The van der Waals surface area contributed by atoms with Crippen LogP contribution < -0.4 is 11.1 Å². The monoisotopic (exact) mass is 296 g/mol. The molecule has 0 aliphatic heterocycles. The second-order valence-corrected chi connectivity index (χ2v) is 4.01. The van der Waals surface area contributed by atoms with E-state index < -0.39 is 29.8 Å². The number of amides is 1. The second kappa shape index (κ2) is 9.57. The van der Waals surface area contributed by atoms with Crippen LogP contribution in [0.2, 0.25) is 0 Å². The van der Waals surface area contributed by atoms with Crippen molar-refractivity contribution >= 4 is 30.3 Å². The quantitative estimate of drug-likeness (QED) is 0.647. The lowest BCUT2D eigenvalue weighted by Gasteiger charge is -2.20. The molecule has 0 radical (unpaired) electrons. The van der Waals surface area contributed by atoms with E-state index in [1.165, 1.54) is 14.2 Å². The van der Waals surface area contributed by atoms with Crippen molar-refractivity contribution in [1.82, 2.24) is 5.32 Å². The van der Waals surface area contributed by atoms with Crippen LogP contribution in [0.4, 0.5) is 0 Å². The number of carbonyl (C=O) groups excluding carboxylic acids is 3. The number of rotatable bonds is 6. The SMILES string of the molecule is COC(=O)CC(NC(=O)C(C)C(C)N)C(=O)OC.Cl. The van der Waals surface area contributed by atoms with E-state index in [1.54, 1.807) is 13.8 Å². The van der Waals surface area contributed by atoms with Gasteiger partial charge in [0.05, 0.1) is 20.6 Å². The highest BCUT2D eigenvalue weighted by Crippen LogP contribution is 2.03. The van der Waals surface area contributed by atoms with Crippen molar-refractivity contribution in [3.05, 3.63) is 0 Å². The molecule has 7 nitrogen and oxygen atoms in total. The van der Waals surface area contributed by atoms with Crippen LogP contribution in [0.5, 0.6) is 0 Å². The Hall–Kier alpha value is -1.34. The zero-order valence-corrected chi connectivity index (χ0v) is 12.3. The first-order valence-electron chi connectivity index (χ1n) is 5.54. The Balaban J connectivity index is 0. The summed E-state index contributed by atoms with van der Waals surface area (Å²) in [6.45, 7) is 3.31. The van der Waals surface area contributed by atoms with Crippen LogP contribution in [0.15, 0.2) is 0 Å². The maximum Gasteiger partial charge on any atom is 0.328 e. The van der Waals surface area contributed by atoms with Gasteiger partial charge in [-0.15, -0.1) is 12.4 Å². The lowest BCUT2D eigenvalue weighted by atomic mass is 10.0. The van der Waals surface area contributed by atoms with Crippen molar-refractivity contribution in [3.8, 4) is 0 Å². The fraction of sp³-hybridized carbons (Fsp3) is 0.727. The van der Waals surface area contributed by atoms with E-state index >= 15 is 0 Å². The minimum atomic E-state index is -1.06. The summed E-state index contributed by atoms with van der Waals surface area (Å²) in [5.41, 5.74) is 5.58. The van der Waals surface area contributed by atoms with E-state index in [1.807, 2.05) is 0 Å². The van der Waals surface area contributed by atoms with Gasteiger partial charge in [0.25, 0.3) is 0 Å². The average molecular weight is 297 g/mol. The summed E-state index contributed by atoms with van der Waals surface area (Å²) in [5, 5.41) is 2.42. The predicted molar refractivity (Wildman–Crippen MR) is 70.6 cm³/mol. The summed E-state index contributed by atoms with van der Waals surface area (Å²) < 4.78 is 8.95. The highest BCUT2D eigenvalue weighted by Gasteiger charge is 2.27. The fourth-order valence-corrected chi connectivity index (χ4v) is 1.13. The van der Waals surface area contributed by atoms with Gasteiger partial charge in [-0.3, -0.25) is 9.59 Å². The Morgan fingerprint density at radius 2 is 1.68 bits per heavy atom. The van der Waals surface area contributed by atoms with Crippen molar-refractivity contribution in [2.75, 3.05) is 14.2 Å². The third-order valence-corrected chi connectivity index (χ3v) is 2.60. The topological polar surface area (TPSA) is 108 Å². The van der Waals surface area contributed by atoms with Gasteiger partial charge in [0.15, 0.2) is 0 Å². The van der Waals surface area contributed by atoms with Crippen LogP contribution in [0.1, 0.15) is 20.3 Å².